The van der Waals surface area contributed by atoms with E-state index in [1.165, 1.54) is 0 Å². The Morgan fingerprint density at radius 1 is 1.37 bits per heavy atom. The Morgan fingerprint density at radius 2 is 2.11 bits per heavy atom. The molecule has 8 heteroatoms. The van der Waals surface area contributed by atoms with Gasteiger partial charge in [-0.15, -0.1) is 0 Å². The zero-order chi connectivity index (χ0) is 19.4. The highest BCUT2D eigenvalue weighted by Gasteiger charge is 2.32. The first-order valence-corrected chi connectivity index (χ1v) is 9.43. The molecule has 0 spiro atoms. The summed E-state index contributed by atoms with van der Waals surface area (Å²) in [6.07, 6.45) is 2.96. The lowest BCUT2D eigenvalue weighted by Gasteiger charge is -2.33. The molecule has 0 radical (unpaired) electrons. The summed E-state index contributed by atoms with van der Waals surface area (Å²) in [4.78, 5) is 25.8. The number of halogens is 1. The van der Waals surface area contributed by atoms with Crippen LogP contribution in [0.3, 0.4) is 0 Å². The molecule has 27 heavy (non-hydrogen) atoms. The first-order chi connectivity index (χ1) is 13.0. The van der Waals surface area contributed by atoms with Crippen molar-refractivity contribution in [2.24, 2.45) is 0 Å². The van der Waals surface area contributed by atoms with E-state index in [4.69, 9.17) is 16.7 Å². The minimum absolute atomic E-state index is 0.0460. The highest BCUT2D eigenvalue weighted by molar-refractivity contribution is 6.30. The topological polar surface area (TPSA) is 87.5 Å². The van der Waals surface area contributed by atoms with Crippen molar-refractivity contribution in [2.75, 3.05) is 19.8 Å². The van der Waals surface area contributed by atoms with Gasteiger partial charge in [-0.3, -0.25) is 14.3 Å². The number of carbonyl (C=O) groups excluding carboxylic acids is 2. The third kappa shape index (κ3) is 4.31. The standard InChI is InChI=1S/C19H23ClN4O3/c1-2-3-4-15-10-23(12-21-18(26)11-25)19(27)17-9-16(22-24(15)17)13-5-7-14(20)8-6-13/h5-9,15,25H,2-4,10-12H2,1H3,(H,21,26). The number of carbonyl (C=O) groups is 2. The van der Waals surface area contributed by atoms with E-state index in [-0.39, 0.29) is 18.6 Å². The van der Waals surface area contributed by atoms with Crippen LogP contribution >= 0.6 is 11.6 Å². The molecular formula is C19H23ClN4O3. The number of nitrogens with zero attached hydrogens (tertiary/aromatic N) is 3. The maximum Gasteiger partial charge on any atom is 0.273 e. The Morgan fingerprint density at radius 3 is 2.78 bits per heavy atom. The fourth-order valence-electron chi connectivity index (χ4n) is 3.20. The molecule has 0 aliphatic carbocycles. The van der Waals surface area contributed by atoms with Gasteiger partial charge in [0.05, 0.1) is 18.4 Å². The van der Waals surface area contributed by atoms with Crippen molar-refractivity contribution in [3.63, 3.8) is 0 Å². The fourth-order valence-corrected chi connectivity index (χ4v) is 3.33. The van der Waals surface area contributed by atoms with E-state index in [0.29, 0.717) is 17.3 Å². The summed E-state index contributed by atoms with van der Waals surface area (Å²) in [5.74, 6) is -0.692. The second-order valence-corrected chi connectivity index (χ2v) is 7.04. The molecule has 0 saturated carbocycles. The smallest absolute Gasteiger partial charge is 0.273 e. The first kappa shape index (κ1) is 19.4. The molecule has 144 valence electrons. The van der Waals surface area contributed by atoms with Gasteiger partial charge in [-0.25, -0.2) is 0 Å². The Bertz CT molecular complexity index is 819. The summed E-state index contributed by atoms with van der Waals surface area (Å²) in [7, 11) is 0. The van der Waals surface area contributed by atoms with Gasteiger partial charge in [0.25, 0.3) is 5.91 Å². The molecular weight excluding hydrogens is 368 g/mol. The molecule has 1 unspecified atom stereocenters. The average molecular weight is 391 g/mol. The zero-order valence-corrected chi connectivity index (χ0v) is 15.9. The van der Waals surface area contributed by atoms with E-state index < -0.39 is 12.5 Å². The molecule has 1 atom stereocenters. The number of nitrogens with one attached hydrogen (secondary N) is 1. The van der Waals surface area contributed by atoms with Crippen molar-refractivity contribution in [1.82, 2.24) is 20.0 Å². The number of aliphatic hydroxyl groups excluding tert-OH is 1. The van der Waals surface area contributed by atoms with Crippen LogP contribution in [0.15, 0.2) is 30.3 Å². The Labute approximate surface area is 162 Å². The minimum atomic E-state index is -0.597. The van der Waals surface area contributed by atoms with E-state index in [9.17, 15) is 9.59 Å². The van der Waals surface area contributed by atoms with Crippen LogP contribution in [-0.4, -0.2) is 51.4 Å². The highest BCUT2D eigenvalue weighted by Crippen LogP contribution is 2.29. The number of fused-ring (bicyclic) bond motifs is 1. The summed E-state index contributed by atoms with van der Waals surface area (Å²) in [5, 5.41) is 16.7. The Hall–Kier alpha value is -2.38. The molecule has 2 amide bonds. The van der Waals surface area contributed by atoms with Gasteiger partial charge < -0.3 is 15.3 Å². The summed E-state index contributed by atoms with van der Waals surface area (Å²) in [5.41, 5.74) is 2.12. The van der Waals surface area contributed by atoms with Crippen LogP contribution in [0.25, 0.3) is 11.3 Å². The number of rotatable bonds is 7. The van der Waals surface area contributed by atoms with E-state index in [1.54, 1.807) is 23.1 Å². The van der Waals surface area contributed by atoms with E-state index in [0.717, 1.165) is 30.5 Å². The maximum atomic E-state index is 12.9. The van der Waals surface area contributed by atoms with Crippen LogP contribution in [0.1, 0.15) is 42.7 Å². The largest absolute Gasteiger partial charge is 0.387 e. The number of hydrogen-bond acceptors (Lipinski definition) is 4. The van der Waals surface area contributed by atoms with E-state index in [1.807, 2.05) is 16.8 Å². The molecule has 1 aliphatic heterocycles. The van der Waals surface area contributed by atoms with Crippen molar-refractivity contribution in [3.05, 3.63) is 41.0 Å². The molecule has 0 bridgehead atoms. The molecule has 0 fully saturated rings. The van der Waals surface area contributed by atoms with Gasteiger partial charge >= 0.3 is 0 Å². The Kier molecular flexibility index (Phi) is 6.13. The number of aromatic nitrogens is 2. The number of amides is 2. The SMILES string of the molecule is CCCCC1CN(CNC(=O)CO)C(=O)c2cc(-c3ccc(Cl)cc3)nn21. The summed E-state index contributed by atoms with van der Waals surface area (Å²) < 4.78 is 1.81. The zero-order valence-electron chi connectivity index (χ0n) is 15.2. The lowest BCUT2D eigenvalue weighted by molar-refractivity contribution is -0.124. The monoisotopic (exact) mass is 390 g/mol. The quantitative estimate of drug-likeness (QED) is 0.760. The molecule has 2 heterocycles. The lowest BCUT2D eigenvalue weighted by atomic mass is 10.1. The van der Waals surface area contributed by atoms with Crippen LogP contribution in [0.2, 0.25) is 5.02 Å². The van der Waals surface area contributed by atoms with Crippen molar-refractivity contribution >= 4 is 23.4 Å². The fraction of sp³-hybridized carbons (Fsp3) is 0.421. The molecule has 1 aliphatic rings. The van der Waals surface area contributed by atoms with Gasteiger partial charge in [0.1, 0.15) is 12.3 Å². The molecule has 7 nitrogen and oxygen atoms in total. The third-order valence-electron chi connectivity index (χ3n) is 4.66. The van der Waals surface area contributed by atoms with Gasteiger partial charge in [0.2, 0.25) is 5.91 Å². The Balaban J connectivity index is 1.89. The van der Waals surface area contributed by atoms with Crippen molar-refractivity contribution in [2.45, 2.75) is 32.2 Å². The molecule has 3 rings (SSSR count). The predicted molar refractivity (Wildman–Crippen MR) is 102 cm³/mol. The summed E-state index contributed by atoms with van der Waals surface area (Å²) in [6.45, 7) is 2.07. The van der Waals surface area contributed by atoms with Crippen molar-refractivity contribution in [3.8, 4) is 11.3 Å². The van der Waals surface area contributed by atoms with Crippen LogP contribution in [-0.2, 0) is 4.79 Å². The molecule has 1 aromatic carbocycles. The van der Waals surface area contributed by atoms with E-state index >= 15 is 0 Å². The molecule has 0 saturated heterocycles. The van der Waals surface area contributed by atoms with Crippen LogP contribution < -0.4 is 5.32 Å². The minimum Gasteiger partial charge on any atom is -0.387 e. The third-order valence-corrected chi connectivity index (χ3v) is 4.91. The van der Waals surface area contributed by atoms with Crippen molar-refractivity contribution < 1.29 is 14.7 Å². The number of unbranched alkanes of at least 4 members (excludes halogenated alkanes) is 1. The van der Waals surface area contributed by atoms with Gasteiger partial charge in [0, 0.05) is 17.1 Å². The van der Waals surface area contributed by atoms with Crippen molar-refractivity contribution in [1.29, 1.82) is 0 Å². The predicted octanol–water partition coefficient (Wildman–Crippen LogP) is 2.46. The molecule has 2 aromatic rings. The number of aliphatic hydroxyl groups is 1. The summed E-state index contributed by atoms with van der Waals surface area (Å²) >= 11 is 5.96. The second-order valence-electron chi connectivity index (χ2n) is 6.61. The van der Waals surface area contributed by atoms with Crippen LogP contribution in [0.4, 0.5) is 0 Å². The second kappa shape index (κ2) is 8.54. The normalized spacial score (nSPS) is 16.3. The van der Waals surface area contributed by atoms with Crippen LogP contribution in [0.5, 0.6) is 0 Å². The van der Waals surface area contributed by atoms with Gasteiger partial charge in [-0.2, -0.15) is 5.10 Å². The average Bonchev–Trinajstić information content (AvgIpc) is 3.13. The van der Waals surface area contributed by atoms with Gasteiger partial charge in [0.15, 0.2) is 0 Å². The lowest BCUT2D eigenvalue weighted by Crippen LogP contribution is -2.48. The maximum absolute atomic E-state index is 12.9. The number of hydrogen-bond donors (Lipinski definition) is 2. The summed E-state index contributed by atoms with van der Waals surface area (Å²) in [6, 6.07) is 9.17. The van der Waals surface area contributed by atoms with Gasteiger partial charge in [-0.05, 0) is 24.6 Å². The van der Waals surface area contributed by atoms with Gasteiger partial charge in [-0.1, -0.05) is 43.5 Å². The molecule has 1 aromatic heterocycles. The first-order valence-electron chi connectivity index (χ1n) is 9.05. The molecule has 2 N–H and O–H groups in total. The number of benzene rings is 1. The van der Waals surface area contributed by atoms with Crippen LogP contribution in [0, 0.1) is 0 Å². The highest BCUT2D eigenvalue weighted by atomic mass is 35.5. The van der Waals surface area contributed by atoms with E-state index in [2.05, 4.69) is 17.3 Å².